The van der Waals surface area contributed by atoms with Crippen LogP contribution in [0.1, 0.15) is 20.0 Å². The average Bonchev–Trinajstić information content (AvgIpc) is 3.51. The van der Waals surface area contributed by atoms with Crippen molar-refractivity contribution < 1.29 is 18.7 Å². The zero-order valence-electron chi connectivity index (χ0n) is 17.7. The minimum atomic E-state index is -0.572. The minimum Gasteiger partial charge on any atom is -0.442 e. The molecule has 1 aliphatic rings. The molecule has 11 heteroatoms. The summed E-state index contributed by atoms with van der Waals surface area (Å²) in [5.41, 5.74) is 2.99. The molecule has 0 unspecified atom stereocenters. The first-order chi connectivity index (χ1) is 16.0. The molecule has 0 radical (unpaired) electrons. The topological polar surface area (TPSA) is 107 Å². The molecule has 1 aromatic carbocycles. The van der Waals surface area contributed by atoms with Gasteiger partial charge in [0.2, 0.25) is 5.91 Å². The minimum absolute atomic E-state index is 0. The molecule has 1 atom stereocenters. The lowest BCUT2D eigenvalue weighted by Crippen LogP contribution is -2.33. The van der Waals surface area contributed by atoms with Crippen molar-refractivity contribution in [3.63, 3.8) is 0 Å². The number of nitrogens with zero attached hydrogens (tertiary/aromatic N) is 6. The summed E-state index contributed by atoms with van der Waals surface area (Å²) >= 11 is 0. The van der Waals surface area contributed by atoms with Crippen LogP contribution in [0.2, 0.25) is 0 Å². The largest absolute Gasteiger partial charge is 0.442 e. The number of nitrogens with one attached hydrogen (secondary N) is 1. The molecule has 1 N–H and O–H groups in total. The van der Waals surface area contributed by atoms with Gasteiger partial charge in [-0.25, -0.2) is 18.9 Å². The van der Waals surface area contributed by atoms with Crippen LogP contribution in [0.5, 0.6) is 0 Å². The van der Waals surface area contributed by atoms with Gasteiger partial charge in [0.1, 0.15) is 17.6 Å². The van der Waals surface area contributed by atoms with Crippen molar-refractivity contribution in [2.24, 2.45) is 0 Å². The molecule has 0 saturated carbocycles. The fourth-order valence-corrected chi connectivity index (χ4v) is 3.77. The third kappa shape index (κ3) is 4.58. The maximum atomic E-state index is 15.0. The maximum Gasteiger partial charge on any atom is 0.414 e. The van der Waals surface area contributed by atoms with Crippen molar-refractivity contribution in [1.82, 2.24) is 29.7 Å². The first kappa shape index (κ1) is 22.9. The number of benzene rings is 1. The zero-order chi connectivity index (χ0) is 22.9. The Bertz CT molecular complexity index is 1340. The fourth-order valence-electron chi connectivity index (χ4n) is 3.77. The van der Waals surface area contributed by atoms with Gasteiger partial charge in [0.05, 0.1) is 37.2 Å². The molecule has 10 nitrogen and oxygen atoms in total. The number of hydrogen-bond donors (Lipinski definition) is 1. The van der Waals surface area contributed by atoms with E-state index in [9.17, 15) is 9.59 Å². The number of rotatable bonds is 6. The van der Waals surface area contributed by atoms with Gasteiger partial charge in [0.25, 0.3) is 0 Å². The van der Waals surface area contributed by atoms with E-state index in [4.69, 9.17) is 4.74 Å². The van der Waals surface area contributed by atoms with Gasteiger partial charge >= 0.3 is 6.09 Å². The molecule has 4 heterocycles. The molecule has 1 aliphatic heterocycles. The van der Waals surface area contributed by atoms with Gasteiger partial charge in [-0.3, -0.25) is 9.69 Å². The second kappa shape index (κ2) is 9.30. The van der Waals surface area contributed by atoms with Gasteiger partial charge in [-0.1, -0.05) is 12.6 Å². The lowest BCUT2D eigenvalue weighted by Gasteiger charge is -2.14. The highest BCUT2D eigenvalue weighted by molar-refractivity contribution is 5.90. The van der Waals surface area contributed by atoms with Crippen molar-refractivity contribution in [2.75, 3.05) is 18.0 Å². The molecule has 2 amide bonds. The summed E-state index contributed by atoms with van der Waals surface area (Å²) in [6.45, 7) is 2.31. The summed E-state index contributed by atoms with van der Waals surface area (Å²) < 4.78 is 23.8. The Kier molecular flexibility index (Phi) is 6.26. The first-order valence-electron chi connectivity index (χ1n) is 10.3. The van der Waals surface area contributed by atoms with E-state index >= 15 is 4.39 Å². The Hall–Kier alpha value is -4.28. The number of fused-ring (bicyclic) bond motifs is 1. The second-order valence-electron chi connectivity index (χ2n) is 7.73. The van der Waals surface area contributed by atoms with E-state index in [2.05, 4.69) is 20.6 Å². The molecular weight excluding hydrogens is 441 g/mol. The number of halogens is 1. The van der Waals surface area contributed by atoms with Crippen molar-refractivity contribution in [3.8, 4) is 11.1 Å². The summed E-state index contributed by atoms with van der Waals surface area (Å²) in [7, 11) is 0. The normalized spacial score (nSPS) is 15.3. The SMILES string of the molecule is C.CC(=O)NC[C@H]1CN(c2ccc(-c3ccc4nc(Cn5ccnn5)cn4c3)c(F)c2)C(=O)O1. The number of carbonyl (C=O) groups is 2. The highest BCUT2D eigenvalue weighted by atomic mass is 19.1. The second-order valence-corrected chi connectivity index (χ2v) is 7.73. The summed E-state index contributed by atoms with van der Waals surface area (Å²) in [5.74, 6) is -0.673. The number of imidazole rings is 1. The number of amides is 2. The van der Waals surface area contributed by atoms with Crippen molar-refractivity contribution >= 4 is 23.3 Å². The van der Waals surface area contributed by atoms with Crippen molar-refractivity contribution in [2.45, 2.75) is 27.0 Å². The Morgan fingerprint density at radius 3 is 2.85 bits per heavy atom. The Labute approximate surface area is 195 Å². The smallest absolute Gasteiger partial charge is 0.414 e. The number of ether oxygens (including phenoxy) is 1. The van der Waals surface area contributed by atoms with Crippen LogP contribution in [0.3, 0.4) is 0 Å². The van der Waals surface area contributed by atoms with E-state index in [1.807, 2.05) is 16.7 Å². The third-order valence-electron chi connectivity index (χ3n) is 5.32. The molecule has 1 fully saturated rings. The van der Waals surface area contributed by atoms with E-state index in [-0.39, 0.29) is 26.4 Å². The van der Waals surface area contributed by atoms with Crippen LogP contribution in [-0.4, -0.2) is 55.6 Å². The van der Waals surface area contributed by atoms with Gasteiger partial charge in [-0.15, -0.1) is 5.10 Å². The fraction of sp³-hybridized carbons (Fsp3) is 0.261. The molecular formula is C23H24FN7O3. The van der Waals surface area contributed by atoms with Crippen LogP contribution < -0.4 is 10.2 Å². The van der Waals surface area contributed by atoms with E-state index in [0.29, 0.717) is 23.4 Å². The predicted molar refractivity (Wildman–Crippen MR) is 123 cm³/mol. The van der Waals surface area contributed by atoms with Gasteiger partial charge in [-0.05, 0) is 30.3 Å². The van der Waals surface area contributed by atoms with Crippen LogP contribution in [0.4, 0.5) is 14.9 Å². The summed E-state index contributed by atoms with van der Waals surface area (Å²) in [5, 5.41) is 10.3. The van der Waals surface area contributed by atoms with E-state index in [0.717, 1.165) is 11.3 Å². The summed E-state index contributed by atoms with van der Waals surface area (Å²) in [4.78, 5) is 29.2. The number of pyridine rings is 1. The molecule has 34 heavy (non-hydrogen) atoms. The molecule has 176 valence electrons. The van der Waals surface area contributed by atoms with Gasteiger partial charge in [-0.2, -0.15) is 0 Å². The average molecular weight is 465 g/mol. The summed E-state index contributed by atoms with van der Waals surface area (Å²) in [6.07, 6.45) is 5.97. The van der Waals surface area contributed by atoms with Gasteiger partial charge < -0.3 is 14.5 Å². The molecule has 0 aliphatic carbocycles. The monoisotopic (exact) mass is 465 g/mol. The van der Waals surface area contributed by atoms with Crippen LogP contribution in [0.15, 0.2) is 55.1 Å². The van der Waals surface area contributed by atoms with Gasteiger partial charge in [0.15, 0.2) is 0 Å². The van der Waals surface area contributed by atoms with Crippen LogP contribution in [0.25, 0.3) is 16.8 Å². The molecule has 1 saturated heterocycles. The van der Waals surface area contributed by atoms with Crippen LogP contribution in [0, 0.1) is 5.82 Å². The molecule has 0 spiro atoms. The summed E-state index contributed by atoms with van der Waals surface area (Å²) in [6, 6.07) is 8.24. The molecule has 3 aromatic heterocycles. The van der Waals surface area contributed by atoms with Crippen LogP contribution in [-0.2, 0) is 16.1 Å². The van der Waals surface area contributed by atoms with Crippen molar-refractivity contribution in [1.29, 1.82) is 0 Å². The first-order valence-corrected chi connectivity index (χ1v) is 10.3. The highest BCUT2D eigenvalue weighted by Crippen LogP contribution is 2.29. The number of hydrogen-bond acceptors (Lipinski definition) is 6. The van der Waals surface area contributed by atoms with E-state index in [1.54, 1.807) is 41.5 Å². The molecule has 5 rings (SSSR count). The highest BCUT2D eigenvalue weighted by Gasteiger charge is 2.32. The van der Waals surface area contributed by atoms with Crippen LogP contribution >= 0.6 is 0 Å². The Balaban J connectivity index is 0.00000274. The molecule has 4 aromatic rings. The maximum absolute atomic E-state index is 15.0. The Morgan fingerprint density at radius 2 is 2.12 bits per heavy atom. The number of anilines is 1. The number of aromatic nitrogens is 5. The third-order valence-corrected chi connectivity index (χ3v) is 5.32. The quantitative estimate of drug-likeness (QED) is 0.469. The lowest BCUT2D eigenvalue weighted by molar-refractivity contribution is -0.119. The van der Waals surface area contributed by atoms with Gasteiger partial charge in [0, 0.05) is 36.6 Å². The predicted octanol–water partition coefficient (Wildman–Crippen LogP) is 2.88. The van der Waals surface area contributed by atoms with E-state index < -0.39 is 18.0 Å². The van der Waals surface area contributed by atoms with E-state index in [1.165, 1.54) is 17.9 Å². The standard InChI is InChI=1S/C22H20FN7O3.CH4/c1-14(31)24-9-18-13-30(22(32)33-18)17-3-4-19(20(23)8-17)15-2-5-21-26-16(11-28(21)10-15)12-29-7-6-25-27-29;/h2-8,10-11,18H,9,12-13H2,1H3,(H,24,31);1H4/t18-;/m0./s1. The Morgan fingerprint density at radius 1 is 1.26 bits per heavy atom. The lowest BCUT2D eigenvalue weighted by atomic mass is 10.1. The number of cyclic esters (lactones) is 1. The van der Waals surface area contributed by atoms with Crippen molar-refractivity contribution in [3.05, 3.63) is 66.6 Å². The number of carbonyl (C=O) groups excluding carboxylic acids is 2. The molecule has 0 bridgehead atoms. The zero-order valence-corrected chi connectivity index (χ0v) is 17.7.